The molecule has 0 bridgehead atoms. The van der Waals surface area contributed by atoms with Crippen LogP contribution in [0.5, 0.6) is 0 Å². The molecular weight excluding hydrogens is 474 g/mol. The van der Waals surface area contributed by atoms with Crippen LogP contribution in [-0.4, -0.2) is 26.4 Å². The summed E-state index contributed by atoms with van der Waals surface area (Å²) in [5.41, 5.74) is 1.25. The minimum atomic E-state index is -0.267. The van der Waals surface area contributed by atoms with E-state index in [0.717, 1.165) is 5.56 Å². The zero-order valence-corrected chi connectivity index (χ0v) is 18.7. The molecule has 3 aromatic rings. The molecule has 0 radical (unpaired) electrons. The lowest BCUT2D eigenvalue weighted by Gasteiger charge is -2.10. The summed E-state index contributed by atoms with van der Waals surface area (Å²) >= 11 is 25.2. The molecule has 0 saturated carbocycles. The highest BCUT2D eigenvalue weighted by molar-refractivity contribution is 7.99. The quantitative estimate of drug-likeness (QED) is 0.235. The first-order valence-corrected chi connectivity index (χ1v) is 10.8. The van der Waals surface area contributed by atoms with Gasteiger partial charge in [-0.15, -0.1) is 16.8 Å². The first kappa shape index (κ1) is 22.0. The molecule has 0 atom stereocenters. The summed E-state index contributed by atoms with van der Waals surface area (Å²) in [7, 11) is 0. The number of nitrogens with zero attached hydrogens (tertiary/aromatic N) is 3. The minimum absolute atomic E-state index is 0.104. The van der Waals surface area contributed by atoms with Crippen LogP contribution in [0, 0.1) is 0 Å². The smallest absolute Gasteiger partial charge is 0.234 e. The van der Waals surface area contributed by atoms with Crippen molar-refractivity contribution >= 4 is 69.8 Å². The van der Waals surface area contributed by atoms with Gasteiger partial charge in [-0.2, -0.15) is 0 Å². The van der Waals surface area contributed by atoms with E-state index in [2.05, 4.69) is 22.1 Å². The number of thioether (sulfide) groups is 1. The molecule has 1 N–H and O–H groups in total. The molecule has 1 amide bonds. The first-order chi connectivity index (χ1) is 13.9. The van der Waals surface area contributed by atoms with E-state index >= 15 is 0 Å². The molecule has 150 valence electrons. The van der Waals surface area contributed by atoms with Crippen LogP contribution in [0.15, 0.2) is 54.2 Å². The second kappa shape index (κ2) is 9.87. The summed E-state index contributed by atoms with van der Waals surface area (Å²) in [5, 5.41) is 13.3. The number of amides is 1. The Balaban J connectivity index is 1.73. The molecule has 0 fully saturated rings. The van der Waals surface area contributed by atoms with Gasteiger partial charge in [0.1, 0.15) is 0 Å². The van der Waals surface area contributed by atoms with Crippen molar-refractivity contribution in [1.82, 2.24) is 14.8 Å². The molecule has 10 heteroatoms. The molecule has 0 aliphatic heterocycles. The standard InChI is InChI=1S/C19H14Cl4N4OS/c1-2-7-27-18(11-3-5-12(20)6-4-11)25-26-19(27)29-10-17(28)24-16-9-14(22)13(21)8-15(16)23/h2-6,8-9H,1,7,10H2,(H,24,28). The van der Waals surface area contributed by atoms with Crippen molar-refractivity contribution in [2.45, 2.75) is 11.7 Å². The number of allylic oxidation sites excluding steroid dienone is 1. The van der Waals surface area contributed by atoms with Gasteiger partial charge >= 0.3 is 0 Å². The number of halogens is 4. The fourth-order valence-corrected chi connectivity index (χ4v) is 3.90. The van der Waals surface area contributed by atoms with Crippen LogP contribution in [-0.2, 0) is 11.3 Å². The van der Waals surface area contributed by atoms with Crippen LogP contribution in [0.4, 0.5) is 5.69 Å². The van der Waals surface area contributed by atoms with Gasteiger partial charge in [-0.3, -0.25) is 9.36 Å². The van der Waals surface area contributed by atoms with Crippen molar-refractivity contribution in [3.8, 4) is 11.4 Å². The van der Waals surface area contributed by atoms with E-state index in [4.69, 9.17) is 46.4 Å². The van der Waals surface area contributed by atoms with Gasteiger partial charge in [-0.05, 0) is 36.4 Å². The largest absolute Gasteiger partial charge is 0.324 e. The number of carbonyl (C=O) groups is 1. The highest BCUT2D eigenvalue weighted by atomic mass is 35.5. The zero-order chi connectivity index (χ0) is 21.0. The predicted octanol–water partition coefficient (Wildman–Crippen LogP) is 6.48. The number of rotatable bonds is 7. The zero-order valence-electron chi connectivity index (χ0n) is 14.8. The van der Waals surface area contributed by atoms with E-state index in [-0.39, 0.29) is 11.7 Å². The lowest BCUT2D eigenvalue weighted by Crippen LogP contribution is -2.15. The number of aromatic nitrogens is 3. The highest BCUT2D eigenvalue weighted by Crippen LogP contribution is 2.32. The minimum Gasteiger partial charge on any atom is -0.324 e. The molecule has 0 unspecified atom stereocenters. The predicted molar refractivity (Wildman–Crippen MR) is 121 cm³/mol. The molecule has 1 heterocycles. The van der Waals surface area contributed by atoms with Crippen molar-refractivity contribution in [2.75, 3.05) is 11.1 Å². The number of hydrogen-bond donors (Lipinski definition) is 1. The summed E-state index contributed by atoms with van der Waals surface area (Å²) in [6.45, 7) is 4.27. The molecule has 0 aliphatic rings. The molecule has 0 aliphatic carbocycles. The molecule has 2 aromatic carbocycles. The Kier molecular flexibility index (Phi) is 7.49. The topological polar surface area (TPSA) is 59.8 Å². The van der Waals surface area contributed by atoms with E-state index in [0.29, 0.717) is 43.3 Å². The summed E-state index contributed by atoms with van der Waals surface area (Å²) in [4.78, 5) is 12.4. The van der Waals surface area contributed by atoms with Gasteiger partial charge in [0.25, 0.3) is 0 Å². The van der Waals surface area contributed by atoms with Crippen LogP contribution in [0.25, 0.3) is 11.4 Å². The van der Waals surface area contributed by atoms with Gasteiger partial charge in [-0.1, -0.05) is 64.2 Å². The number of carbonyl (C=O) groups excluding carboxylic acids is 1. The highest BCUT2D eigenvalue weighted by Gasteiger charge is 2.16. The first-order valence-electron chi connectivity index (χ1n) is 8.26. The van der Waals surface area contributed by atoms with Crippen LogP contribution < -0.4 is 5.32 Å². The third-order valence-corrected chi connectivity index (χ3v) is 6.00. The normalized spacial score (nSPS) is 10.8. The van der Waals surface area contributed by atoms with Gasteiger partial charge in [0, 0.05) is 17.1 Å². The van der Waals surface area contributed by atoms with E-state index in [1.807, 2.05) is 16.7 Å². The second-order valence-electron chi connectivity index (χ2n) is 5.80. The maximum absolute atomic E-state index is 12.4. The number of anilines is 1. The van der Waals surface area contributed by atoms with E-state index in [9.17, 15) is 4.79 Å². The van der Waals surface area contributed by atoms with E-state index in [1.165, 1.54) is 23.9 Å². The SMILES string of the molecule is C=CCn1c(SCC(=O)Nc2cc(Cl)c(Cl)cc2Cl)nnc1-c1ccc(Cl)cc1. The third kappa shape index (κ3) is 5.47. The fraction of sp³-hybridized carbons (Fsp3) is 0.105. The Morgan fingerprint density at radius 3 is 2.45 bits per heavy atom. The molecule has 0 spiro atoms. The van der Waals surface area contributed by atoms with Crippen LogP contribution in [0.1, 0.15) is 0 Å². The Morgan fingerprint density at radius 2 is 1.76 bits per heavy atom. The number of hydrogen-bond acceptors (Lipinski definition) is 4. The maximum Gasteiger partial charge on any atom is 0.234 e. The van der Waals surface area contributed by atoms with Gasteiger partial charge in [0.2, 0.25) is 5.91 Å². The Hall–Kier alpha value is -1.70. The molecule has 0 saturated heterocycles. The van der Waals surface area contributed by atoms with Crippen LogP contribution >= 0.6 is 58.2 Å². The van der Waals surface area contributed by atoms with Gasteiger partial charge in [0.15, 0.2) is 11.0 Å². The summed E-state index contributed by atoms with van der Waals surface area (Å²) < 4.78 is 1.88. The Morgan fingerprint density at radius 1 is 1.07 bits per heavy atom. The maximum atomic E-state index is 12.4. The average Bonchev–Trinajstić information content (AvgIpc) is 3.08. The Bertz CT molecular complexity index is 1050. The van der Waals surface area contributed by atoms with Crippen molar-refractivity contribution in [1.29, 1.82) is 0 Å². The van der Waals surface area contributed by atoms with Crippen molar-refractivity contribution in [3.63, 3.8) is 0 Å². The summed E-state index contributed by atoms with van der Waals surface area (Å²) in [6.07, 6.45) is 1.74. The molecule has 5 nitrogen and oxygen atoms in total. The van der Waals surface area contributed by atoms with Gasteiger partial charge in [-0.25, -0.2) is 0 Å². The van der Waals surface area contributed by atoms with Crippen molar-refractivity contribution < 1.29 is 4.79 Å². The summed E-state index contributed by atoms with van der Waals surface area (Å²) in [5.74, 6) is 0.500. The fourth-order valence-electron chi connectivity index (χ4n) is 2.44. The lowest BCUT2D eigenvalue weighted by atomic mass is 10.2. The van der Waals surface area contributed by atoms with Crippen molar-refractivity contribution in [3.05, 3.63) is 69.1 Å². The van der Waals surface area contributed by atoms with Gasteiger partial charge < -0.3 is 5.32 Å². The number of nitrogens with one attached hydrogen (secondary N) is 1. The second-order valence-corrected chi connectivity index (χ2v) is 8.40. The molecular formula is C19H14Cl4N4OS. The third-order valence-electron chi connectivity index (χ3n) is 3.75. The van der Waals surface area contributed by atoms with Crippen LogP contribution in [0.3, 0.4) is 0 Å². The van der Waals surface area contributed by atoms with E-state index < -0.39 is 0 Å². The van der Waals surface area contributed by atoms with E-state index in [1.54, 1.807) is 18.2 Å². The Labute approximate surface area is 192 Å². The molecule has 29 heavy (non-hydrogen) atoms. The van der Waals surface area contributed by atoms with Gasteiger partial charge in [0.05, 0.1) is 26.5 Å². The number of benzene rings is 2. The van der Waals surface area contributed by atoms with Crippen LogP contribution in [0.2, 0.25) is 20.1 Å². The molecule has 1 aromatic heterocycles. The monoisotopic (exact) mass is 486 g/mol. The molecule has 3 rings (SSSR count). The lowest BCUT2D eigenvalue weighted by molar-refractivity contribution is -0.113. The average molecular weight is 488 g/mol. The van der Waals surface area contributed by atoms with Crippen molar-refractivity contribution in [2.24, 2.45) is 0 Å². The summed E-state index contributed by atoms with van der Waals surface area (Å²) in [6, 6.07) is 10.3.